The Balaban J connectivity index is 1.98. The fourth-order valence-corrected chi connectivity index (χ4v) is 3.43. The molecule has 0 fully saturated rings. The Kier molecular flexibility index (Phi) is 9.07. The van der Waals surface area contributed by atoms with E-state index in [4.69, 9.17) is 19.9 Å². The Morgan fingerprint density at radius 3 is 1.91 bits per heavy atom. The van der Waals surface area contributed by atoms with Crippen molar-refractivity contribution in [2.75, 3.05) is 6.61 Å². The van der Waals surface area contributed by atoms with Crippen molar-refractivity contribution in [3.8, 4) is 11.5 Å². The van der Waals surface area contributed by atoms with Gasteiger partial charge >= 0.3 is 5.97 Å². The lowest BCUT2D eigenvalue weighted by Crippen LogP contribution is -2.17. The molecule has 0 aromatic heterocycles. The van der Waals surface area contributed by atoms with Crippen molar-refractivity contribution in [1.82, 2.24) is 0 Å². The third-order valence-electron chi connectivity index (χ3n) is 5.27. The molecule has 0 aliphatic rings. The summed E-state index contributed by atoms with van der Waals surface area (Å²) < 4.78 is 17.1. The molecular weight excluding hydrogens is 442 g/mol. The number of ketones is 1. The van der Waals surface area contributed by atoms with E-state index in [1.54, 1.807) is 19.1 Å². The fourth-order valence-electron chi connectivity index (χ4n) is 3.43. The van der Waals surface area contributed by atoms with Gasteiger partial charge in [-0.3, -0.25) is 4.79 Å². The molecular formula is C29H31NO5. The van der Waals surface area contributed by atoms with Crippen LogP contribution in [0.25, 0.3) is 0 Å². The lowest BCUT2D eigenvalue weighted by molar-refractivity contribution is -0.138. The molecule has 0 bridgehead atoms. The molecule has 182 valence electrons. The molecule has 0 heterocycles. The van der Waals surface area contributed by atoms with Gasteiger partial charge in [-0.25, -0.2) is 4.79 Å². The van der Waals surface area contributed by atoms with E-state index in [1.165, 1.54) is 0 Å². The second kappa shape index (κ2) is 12.4. The minimum absolute atomic E-state index is 0.0712. The molecule has 3 rings (SSSR count). The van der Waals surface area contributed by atoms with Crippen molar-refractivity contribution < 1.29 is 23.8 Å². The number of carbonyl (C=O) groups excluding carboxylic acids is 2. The predicted molar refractivity (Wildman–Crippen MR) is 135 cm³/mol. The van der Waals surface area contributed by atoms with Crippen molar-refractivity contribution in [2.24, 2.45) is 5.73 Å². The molecule has 0 aliphatic carbocycles. The van der Waals surface area contributed by atoms with E-state index in [1.807, 2.05) is 74.5 Å². The molecule has 6 heteroatoms. The fraction of sp³-hybridized carbons (Fsp3) is 0.241. The second-order valence-electron chi connectivity index (χ2n) is 8.27. The van der Waals surface area contributed by atoms with Crippen LogP contribution in [0, 0.1) is 0 Å². The van der Waals surface area contributed by atoms with Crippen molar-refractivity contribution in [1.29, 1.82) is 0 Å². The number of allylic oxidation sites excluding steroid dienone is 1. The van der Waals surface area contributed by atoms with Crippen LogP contribution in [0.4, 0.5) is 0 Å². The van der Waals surface area contributed by atoms with Crippen LogP contribution in [0.1, 0.15) is 53.7 Å². The zero-order valence-electron chi connectivity index (χ0n) is 20.3. The van der Waals surface area contributed by atoms with Crippen molar-refractivity contribution in [3.05, 3.63) is 107 Å². The van der Waals surface area contributed by atoms with Gasteiger partial charge in [0.05, 0.1) is 12.2 Å². The summed E-state index contributed by atoms with van der Waals surface area (Å²) in [5.41, 5.74) is 8.65. The number of nitrogens with two attached hydrogens (primary N) is 1. The van der Waals surface area contributed by atoms with Gasteiger partial charge in [0.15, 0.2) is 5.78 Å². The SMILES string of the molecule is CCOC(=O)C(N)=CC(=O)c1cc(C(C)C)c(OCc2ccccc2)cc1OCc1ccccc1. The van der Waals surface area contributed by atoms with Crippen molar-refractivity contribution in [3.63, 3.8) is 0 Å². The molecule has 3 aromatic carbocycles. The van der Waals surface area contributed by atoms with Gasteiger partial charge in [0, 0.05) is 12.1 Å². The Morgan fingerprint density at radius 2 is 1.40 bits per heavy atom. The first-order valence-electron chi connectivity index (χ1n) is 11.6. The van der Waals surface area contributed by atoms with Crippen LogP contribution in [0.3, 0.4) is 0 Å². The van der Waals surface area contributed by atoms with Crippen LogP contribution in [0.15, 0.2) is 84.6 Å². The molecule has 0 radical (unpaired) electrons. The second-order valence-corrected chi connectivity index (χ2v) is 8.27. The number of hydrogen-bond donors (Lipinski definition) is 1. The molecule has 35 heavy (non-hydrogen) atoms. The molecule has 0 aliphatic heterocycles. The maximum absolute atomic E-state index is 13.2. The first-order valence-corrected chi connectivity index (χ1v) is 11.6. The largest absolute Gasteiger partial charge is 0.488 e. The molecule has 3 aromatic rings. The molecule has 0 amide bonds. The smallest absolute Gasteiger partial charge is 0.354 e. The maximum Gasteiger partial charge on any atom is 0.354 e. The van der Waals surface area contributed by atoms with E-state index in [-0.39, 0.29) is 24.8 Å². The lowest BCUT2D eigenvalue weighted by Gasteiger charge is -2.19. The first-order chi connectivity index (χ1) is 16.9. The molecule has 2 N–H and O–H groups in total. The topological polar surface area (TPSA) is 87.9 Å². The van der Waals surface area contributed by atoms with Gasteiger partial charge in [-0.1, -0.05) is 74.5 Å². The average molecular weight is 474 g/mol. The molecule has 0 saturated carbocycles. The van der Waals surface area contributed by atoms with Gasteiger partial charge in [-0.05, 0) is 35.6 Å². The monoisotopic (exact) mass is 473 g/mol. The minimum Gasteiger partial charge on any atom is -0.488 e. The summed E-state index contributed by atoms with van der Waals surface area (Å²) in [5.74, 6) is -0.137. The summed E-state index contributed by atoms with van der Waals surface area (Å²) in [6.45, 7) is 6.52. The van der Waals surface area contributed by atoms with Gasteiger partial charge in [0.25, 0.3) is 0 Å². The number of benzene rings is 3. The molecule has 0 atom stereocenters. The molecule has 6 nitrogen and oxygen atoms in total. The Hall–Kier alpha value is -4.06. The first kappa shape index (κ1) is 25.6. The summed E-state index contributed by atoms with van der Waals surface area (Å²) >= 11 is 0. The molecule has 0 saturated heterocycles. The highest BCUT2D eigenvalue weighted by atomic mass is 16.5. The van der Waals surface area contributed by atoms with Crippen LogP contribution in [-0.2, 0) is 22.7 Å². The summed E-state index contributed by atoms with van der Waals surface area (Å²) in [5, 5.41) is 0. The Bertz CT molecular complexity index is 1170. The Labute approximate surface area is 206 Å². The quantitative estimate of drug-likeness (QED) is 0.223. The van der Waals surface area contributed by atoms with E-state index < -0.39 is 11.8 Å². The van der Waals surface area contributed by atoms with E-state index in [0.29, 0.717) is 23.7 Å². The standard InChI is InChI=1S/C29H31NO5/c1-4-33-29(32)25(30)16-26(31)24-15-23(20(2)3)27(34-18-21-11-7-5-8-12-21)17-28(24)35-19-22-13-9-6-10-14-22/h5-17,20H,4,18-19,30H2,1-3H3. The highest BCUT2D eigenvalue weighted by molar-refractivity contribution is 6.10. The number of hydrogen-bond acceptors (Lipinski definition) is 6. The molecule has 0 unspecified atom stereocenters. The average Bonchev–Trinajstić information content (AvgIpc) is 2.87. The maximum atomic E-state index is 13.2. The van der Waals surface area contributed by atoms with Gasteiger partial charge in [0.1, 0.15) is 30.4 Å². The zero-order chi connectivity index (χ0) is 25.2. The van der Waals surface area contributed by atoms with Crippen LogP contribution in [0.5, 0.6) is 11.5 Å². The normalized spacial score (nSPS) is 11.3. The van der Waals surface area contributed by atoms with Crippen LogP contribution < -0.4 is 15.2 Å². The summed E-state index contributed by atoms with van der Waals surface area (Å²) in [4.78, 5) is 25.1. The van der Waals surface area contributed by atoms with Gasteiger partial charge < -0.3 is 19.9 Å². The summed E-state index contributed by atoms with van der Waals surface area (Å²) in [6.07, 6.45) is 1.08. The van der Waals surface area contributed by atoms with Crippen LogP contribution >= 0.6 is 0 Å². The number of esters is 1. The Morgan fingerprint density at radius 1 is 0.857 bits per heavy atom. The van der Waals surface area contributed by atoms with E-state index in [0.717, 1.165) is 22.8 Å². The van der Waals surface area contributed by atoms with Gasteiger partial charge in [-0.15, -0.1) is 0 Å². The predicted octanol–water partition coefficient (Wildman–Crippen LogP) is 5.56. The number of ether oxygens (including phenoxy) is 3. The van der Waals surface area contributed by atoms with E-state index in [9.17, 15) is 9.59 Å². The van der Waals surface area contributed by atoms with Crippen molar-refractivity contribution in [2.45, 2.75) is 39.9 Å². The highest BCUT2D eigenvalue weighted by Crippen LogP contribution is 2.35. The third kappa shape index (κ3) is 7.21. The lowest BCUT2D eigenvalue weighted by atomic mass is 9.96. The minimum atomic E-state index is -0.737. The van der Waals surface area contributed by atoms with E-state index >= 15 is 0 Å². The zero-order valence-corrected chi connectivity index (χ0v) is 20.3. The van der Waals surface area contributed by atoms with Crippen LogP contribution in [-0.4, -0.2) is 18.4 Å². The molecule has 0 spiro atoms. The summed E-state index contributed by atoms with van der Waals surface area (Å²) in [7, 11) is 0. The van der Waals surface area contributed by atoms with Crippen LogP contribution in [0.2, 0.25) is 0 Å². The third-order valence-corrected chi connectivity index (χ3v) is 5.27. The highest BCUT2D eigenvalue weighted by Gasteiger charge is 2.20. The number of rotatable bonds is 11. The van der Waals surface area contributed by atoms with Gasteiger partial charge in [-0.2, -0.15) is 0 Å². The number of carbonyl (C=O) groups is 2. The van der Waals surface area contributed by atoms with Gasteiger partial charge in [0.2, 0.25) is 0 Å². The summed E-state index contributed by atoms with van der Waals surface area (Å²) in [6, 6.07) is 23.0. The van der Waals surface area contributed by atoms with Crippen molar-refractivity contribution >= 4 is 11.8 Å². The van der Waals surface area contributed by atoms with E-state index in [2.05, 4.69) is 0 Å².